The molecule has 82 valence electrons. The average Bonchev–Trinajstić information content (AvgIpc) is 2.68. The van der Waals surface area contributed by atoms with Gasteiger partial charge in [-0.3, -0.25) is 14.9 Å². The van der Waals surface area contributed by atoms with Gasteiger partial charge in [-0.2, -0.15) is 5.26 Å². The molecule has 5 heteroatoms. The van der Waals surface area contributed by atoms with E-state index in [9.17, 15) is 9.59 Å². The quantitative estimate of drug-likeness (QED) is 0.477. The second-order valence-corrected chi connectivity index (χ2v) is 4.39. The number of carbonyl (C=O) groups excluding carboxylic acids is 2. The minimum atomic E-state index is -0.877. The molecule has 0 aromatic rings. The molecule has 2 rings (SSSR count). The molecule has 16 heavy (non-hydrogen) atoms. The number of hydrogen-bond acceptors (Lipinski definition) is 3. The van der Waals surface area contributed by atoms with Crippen molar-refractivity contribution in [2.24, 2.45) is 11.3 Å². The van der Waals surface area contributed by atoms with Gasteiger partial charge in [-0.1, -0.05) is 12.8 Å². The molecular weight excluding hydrogens is 206 g/mol. The van der Waals surface area contributed by atoms with Crippen LogP contribution in [0.3, 0.4) is 0 Å². The second kappa shape index (κ2) is 3.61. The first-order valence-electron chi connectivity index (χ1n) is 5.26. The smallest absolute Gasteiger partial charge is 0.302 e. The zero-order valence-corrected chi connectivity index (χ0v) is 8.69. The fourth-order valence-corrected chi connectivity index (χ4v) is 2.91. The van der Waals surface area contributed by atoms with Gasteiger partial charge in [-0.15, -0.1) is 0 Å². The van der Waals surface area contributed by atoms with E-state index in [1.54, 1.807) is 0 Å². The van der Waals surface area contributed by atoms with Gasteiger partial charge in [-0.25, -0.2) is 6.57 Å². The highest BCUT2D eigenvalue weighted by molar-refractivity contribution is 6.04. The van der Waals surface area contributed by atoms with Gasteiger partial charge in [0, 0.05) is 0 Å². The summed E-state index contributed by atoms with van der Waals surface area (Å²) in [5.41, 5.74) is -0.726. The highest BCUT2D eigenvalue weighted by Crippen LogP contribution is 2.49. The van der Waals surface area contributed by atoms with Gasteiger partial charge in [0.05, 0.1) is 11.5 Å². The van der Waals surface area contributed by atoms with Gasteiger partial charge >= 0.3 is 11.9 Å². The summed E-state index contributed by atoms with van der Waals surface area (Å²) in [6, 6.07) is 1.09. The van der Waals surface area contributed by atoms with E-state index < -0.39 is 29.2 Å². The Kier molecular flexibility index (Phi) is 2.40. The molecule has 5 nitrogen and oxygen atoms in total. The van der Waals surface area contributed by atoms with Crippen molar-refractivity contribution < 1.29 is 9.59 Å². The summed E-state index contributed by atoms with van der Waals surface area (Å²) >= 11 is 0. The Bertz CT molecular complexity index is 389. The third-order valence-corrected chi connectivity index (χ3v) is 3.67. The highest BCUT2D eigenvalue weighted by atomic mass is 16.2. The number of hydrogen-bond donors (Lipinski definition) is 1. The van der Waals surface area contributed by atoms with Crippen LogP contribution in [0.2, 0.25) is 0 Å². The lowest BCUT2D eigenvalue weighted by Gasteiger charge is -2.35. The number of nitrogens with zero attached hydrogens (tertiary/aromatic N) is 2. The molecule has 1 saturated heterocycles. The number of carbonyl (C=O) groups is 2. The minimum Gasteiger partial charge on any atom is -0.302 e. The summed E-state index contributed by atoms with van der Waals surface area (Å²) in [6.07, 6.45) is 3.00. The summed E-state index contributed by atoms with van der Waals surface area (Å²) in [5.74, 6) is -1.92. The van der Waals surface area contributed by atoms with Crippen molar-refractivity contribution >= 4 is 11.8 Å². The Morgan fingerprint density at radius 1 is 1.38 bits per heavy atom. The predicted octanol–water partition coefficient (Wildman–Crippen LogP) is 0.631. The fourth-order valence-electron chi connectivity index (χ4n) is 2.91. The van der Waals surface area contributed by atoms with Gasteiger partial charge in [0.15, 0.2) is 0 Å². The molecule has 2 amide bonds. The van der Waals surface area contributed by atoms with Crippen LogP contribution in [-0.2, 0) is 9.59 Å². The first-order chi connectivity index (χ1) is 7.65. The molecule has 2 aliphatic rings. The first-order valence-corrected chi connectivity index (χ1v) is 5.26. The lowest BCUT2D eigenvalue weighted by Crippen LogP contribution is -2.58. The molecule has 1 aliphatic carbocycles. The molecular formula is C11H11N3O2. The van der Waals surface area contributed by atoms with Crippen LogP contribution in [0.4, 0.5) is 0 Å². The third-order valence-electron chi connectivity index (χ3n) is 3.67. The maximum Gasteiger partial charge on any atom is 0.310 e. The van der Waals surface area contributed by atoms with E-state index in [1.165, 1.54) is 0 Å². The summed E-state index contributed by atoms with van der Waals surface area (Å²) in [5, 5.41) is 11.2. The monoisotopic (exact) mass is 217 g/mol. The van der Waals surface area contributed by atoms with Crippen molar-refractivity contribution in [3.05, 3.63) is 11.4 Å². The summed E-state index contributed by atoms with van der Waals surface area (Å²) < 4.78 is 0. The molecule has 2 atom stereocenters. The van der Waals surface area contributed by atoms with Crippen LogP contribution in [0.15, 0.2) is 0 Å². The zero-order valence-electron chi connectivity index (χ0n) is 8.69. The van der Waals surface area contributed by atoms with Gasteiger partial charge in [0.2, 0.25) is 5.91 Å². The van der Waals surface area contributed by atoms with E-state index >= 15 is 0 Å². The molecule has 1 N–H and O–H groups in total. The Morgan fingerprint density at radius 3 is 2.50 bits per heavy atom. The normalized spacial score (nSPS) is 31.9. The Balaban J connectivity index is 2.48. The van der Waals surface area contributed by atoms with E-state index in [0.29, 0.717) is 12.8 Å². The first kappa shape index (κ1) is 10.6. The Hall–Kier alpha value is -1.88. The molecule has 1 aliphatic heterocycles. The van der Waals surface area contributed by atoms with E-state index in [4.69, 9.17) is 11.8 Å². The maximum atomic E-state index is 11.6. The number of nitrogens with one attached hydrogen (secondary N) is 1. The summed E-state index contributed by atoms with van der Waals surface area (Å²) in [4.78, 5) is 26.5. The lowest BCUT2D eigenvalue weighted by atomic mass is 9.66. The number of amides is 2. The average molecular weight is 217 g/mol. The molecule has 1 spiro atoms. The molecule has 1 heterocycles. The largest absolute Gasteiger partial charge is 0.310 e. The van der Waals surface area contributed by atoms with Crippen molar-refractivity contribution in [1.82, 2.24) is 5.32 Å². The molecule has 0 aromatic carbocycles. The number of nitriles is 1. The number of imide groups is 1. The van der Waals surface area contributed by atoms with Crippen molar-refractivity contribution in [3.63, 3.8) is 0 Å². The summed E-state index contributed by atoms with van der Waals surface area (Å²) in [7, 11) is 0. The van der Waals surface area contributed by atoms with Crippen molar-refractivity contribution in [2.45, 2.75) is 31.7 Å². The van der Waals surface area contributed by atoms with E-state index in [-0.39, 0.29) is 0 Å². The van der Waals surface area contributed by atoms with Gasteiger partial charge < -0.3 is 4.85 Å². The number of rotatable bonds is 0. The van der Waals surface area contributed by atoms with Crippen LogP contribution >= 0.6 is 0 Å². The molecule has 2 fully saturated rings. The maximum absolute atomic E-state index is 11.6. The Morgan fingerprint density at radius 2 is 2.00 bits per heavy atom. The van der Waals surface area contributed by atoms with Gasteiger partial charge in [0.25, 0.3) is 0 Å². The highest BCUT2D eigenvalue weighted by Gasteiger charge is 2.61. The van der Waals surface area contributed by atoms with Crippen LogP contribution in [-0.4, -0.2) is 17.9 Å². The van der Waals surface area contributed by atoms with Gasteiger partial charge in [0.1, 0.15) is 5.92 Å². The summed E-state index contributed by atoms with van der Waals surface area (Å²) in [6.45, 7) is 7.09. The standard InChI is InChI=1S/C11H11N3O2/c1-13-8-10(16)14-9(15)7(6-12)11(8)4-2-3-5-11/h7-8H,2-5H2,(H,14,15,16). The molecule has 1 saturated carbocycles. The molecule has 0 radical (unpaired) electrons. The van der Waals surface area contributed by atoms with Crippen molar-refractivity contribution in [2.75, 3.05) is 0 Å². The van der Waals surface area contributed by atoms with Crippen LogP contribution in [0, 0.1) is 29.2 Å². The van der Waals surface area contributed by atoms with E-state index in [2.05, 4.69) is 10.2 Å². The SMILES string of the molecule is [C-]#[N+]C1C(=O)NC(=O)C(C#N)C12CCCC2. The van der Waals surface area contributed by atoms with Crippen LogP contribution < -0.4 is 5.32 Å². The zero-order chi connectivity index (χ0) is 11.8. The number of piperidine rings is 1. The van der Waals surface area contributed by atoms with Crippen LogP contribution in [0.1, 0.15) is 25.7 Å². The van der Waals surface area contributed by atoms with E-state index in [1.807, 2.05) is 6.07 Å². The third kappa shape index (κ3) is 1.22. The fraction of sp³-hybridized carbons (Fsp3) is 0.636. The van der Waals surface area contributed by atoms with Gasteiger partial charge in [-0.05, 0) is 12.8 Å². The predicted molar refractivity (Wildman–Crippen MR) is 53.5 cm³/mol. The van der Waals surface area contributed by atoms with Crippen LogP contribution in [0.25, 0.3) is 4.85 Å². The topological polar surface area (TPSA) is 74.3 Å². The molecule has 2 unspecified atom stereocenters. The van der Waals surface area contributed by atoms with Crippen LogP contribution in [0.5, 0.6) is 0 Å². The molecule has 0 bridgehead atoms. The van der Waals surface area contributed by atoms with Crippen molar-refractivity contribution in [1.29, 1.82) is 5.26 Å². The Labute approximate surface area is 93.2 Å². The minimum absolute atomic E-state index is 0.533. The molecule has 0 aromatic heterocycles. The van der Waals surface area contributed by atoms with Crippen molar-refractivity contribution in [3.8, 4) is 6.07 Å². The lowest BCUT2D eigenvalue weighted by molar-refractivity contribution is -0.141. The second-order valence-electron chi connectivity index (χ2n) is 4.39. The van der Waals surface area contributed by atoms with E-state index in [0.717, 1.165) is 12.8 Å².